The molecule has 16 heavy (non-hydrogen) atoms. The largest absolute Gasteiger partial charge is 0.375 e. The average molecular weight is 224 g/mol. The minimum atomic E-state index is 0.586. The van der Waals surface area contributed by atoms with Crippen molar-refractivity contribution in [3.8, 4) is 0 Å². The predicted molar refractivity (Wildman–Crippen MR) is 68.6 cm³/mol. The van der Waals surface area contributed by atoms with Gasteiger partial charge in [0.1, 0.15) is 0 Å². The summed E-state index contributed by atoms with van der Waals surface area (Å²) in [5, 5.41) is 0. The van der Waals surface area contributed by atoms with Crippen molar-refractivity contribution in [2.75, 3.05) is 0 Å². The van der Waals surface area contributed by atoms with E-state index in [1.54, 1.807) is 0 Å². The van der Waals surface area contributed by atoms with Crippen LogP contribution >= 0.6 is 0 Å². The van der Waals surface area contributed by atoms with Crippen molar-refractivity contribution in [2.45, 2.75) is 90.3 Å². The van der Waals surface area contributed by atoms with E-state index >= 15 is 0 Å². The molecule has 2 saturated carbocycles. The number of hydrogen-bond donors (Lipinski definition) is 0. The van der Waals surface area contributed by atoms with E-state index in [9.17, 15) is 0 Å². The van der Waals surface area contributed by atoms with Crippen molar-refractivity contribution in [1.82, 2.24) is 0 Å². The van der Waals surface area contributed by atoms with Crippen molar-refractivity contribution in [2.24, 2.45) is 5.41 Å². The molecule has 2 rings (SSSR count). The highest BCUT2D eigenvalue weighted by atomic mass is 16.5. The fraction of sp³-hybridized carbons (Fsp3) is 1.00. The first-order valence-electron chi connectivity index (χ1n) is 7.37. The molecule has 0 N–H and O–H groups in total. The molecule has 0 aliphatic heterocycles. The summed E-state index contributed by atoms with van der Waals surface area (Å²) < 4.78 is 6.27. The average Bonchev–Trinajstić information content (AvgIpc) is 2.34. The molecular weight excluding hydrogens is 196 g/mol. The summed E-state index contributed by atoms with van der Waals surface area (Å²) in [5.41, 5.74) is 0.617. The van der Waals surface area contributed by atoms with Crippen LogP contribution in [-0.4, -0.2) is 12.2 Å². The molecule has 2 fully saturated rings. The Bertz CT molecular complexity index is 197. The van der Waals surface area contributed by atoms with Gasteiger partial charge in [0.25, 0.3) is 0 Å². The van der Waals surface area contributed by atoms with E-state index in [-0.39, 0.29) is 0 Å². The first kappa shape index (κ1) is 12.4. The Balaban J connectivity index is 1.72. The first-order chi connectivity index (χ1) is 7.72. The molecule has 0 heterocycles. The Kier molecular flexibility index (Phi) is 4.29. The van der Waals surface area contributed by atoms with E-state index in [0.29, 0.717) is 17.6 Å². The van der Waals surface area contributed by atoms with Crippen LogP contribution in [0.25, 0.3) is 0 Å². The van der Waals surface area contributed by atoms with Crippen molar-refractivity contribution < 1.29 is 4.74 Å². The molecule has 0 aromatic carbocycles. The van der Waals surface area contributed by atoms with E-state index in [1.165, 1.54) is 64.2 Å². The van der Waals surface area contributed by atoms with Gasteiger partial charge in [0.05, 0.1) is 12.2 Å². The summed E-state index contributed by atoms with van der Waals surface area (Å²) in [6.07, 6.45) is 14.7. The lowest BCUT2D eigenvalue weighted by atomic mass is 9.73. The van der Waals surface area contributed by atoms with Crippen molar-refractivity contribution >= 4 is 0 Å². The van der Waals surface area contributed by atoms with Gasteiger partial charge >= 0.3 is 0 Å². The van der Waals surface area contributed by atoms with Crippen LogP contribution in [0.2, 0.25) is 0 Å². The molecule has 0 saturated heterocycles. The fourth-order valence-electron chi connectivity index (χ4n) is 3.25. The minimum absolute atomic E-state index is 0.586. The first-order valence-corrected chi connectivity index (χ1v) is 7.37. The molecule has 1 nitrogen and oxygen atoms in total. The van der Waals surface area contributed by atoms with Crippen molar-refractivity contribution in [3.63, 3.8) is 0 Å². The zero-order valence-electron chi connectivity index (χ0n) is 11.1. The summed E-state index contributed by atoms with van der Waals surface area (Å²) in [6, 6.07) is 0. The van der Waals surface area contributed by atoms with Gasteiger partial charge in [0, 0.05) is 0 Å². The highest BCUT2D eigenvalue weighted by Gasteiger charge is 2.31. The summed E-state index contributed by atoms with van der Waals surface area (Å²) in [6.45, 7) is 4.78. The standard InChI is InChI=1S/C15H28O/c1-3-15(2)11-9-14(10-12-15)16-13-7-5-4-6-8-13/h13-14H,3-12H2,1-2H3. The quantitative estimate of drug-likeness (QED) is 0.675. The molecular formula is C15H28O. The van der Waals surface area contributed by atoms with Gasteiger partial charge in [-0.05, 0) is 43.9 Å². The van der Waals surface area contributed by atoms with Gasteiger partial charge in [-0.25, -0.2) is 0 Å². The Hall–Kier alpha value is -0.0400. The van der Waals surface area contributed by atoms with Crippen LogP contribution in [0.3, 0.4) is 0 Å². The van der Waals surface area contributed by atoms with Crippen LogP contribution in [0.5, 0.6) is 0 Å². The zero-order chi connectivity index (χ0) is 11.4. The number of hydrogen-bond acceptors (Lipinski definition) is 1. The lowest BCUT2D eigenvalue weighted by molar-refractivity contribution is -0.0606. The van der Waals surface area contributed by atoms with Gasteiger partial charge in [0.15, 0.2) is 0 Å². The smallest absolute Gasteiger partial charge is 0.0579 e. The maximum atomic E-state index is 6.27. The maximum Gasteiger partial charge on any atom is 0.0579 e. The lowest BCUT2D eigenvalue weighted by Gasteiger charge is -2.38. The van der Waals surface area contributed by atoms with Gasteiger partial charge in [-0.3, -0.25) is 0 Å². The van der Waals surface area contributed by atoms with Crippen LogP contribution in [0.1, 0.15) is 78.1 Å². The highest BCUT2D eigenvalue weighted by Crippen LogP contribution is 2.40. The van der Waals surface area contributed by atoms with Crippen molar-refractivity contribution in [1.29, 1.82) is 0 Å². The Morgan fingerprint density at radius 3 is 2.06 bits per heavy atom. The summed E-state index contributed by atoms with van der Waals surface area (Å²) in [7, 11) is 0. The van der Waals surface area contributed by atoms with E-state index < -0.39 is 0 Å². The Morgan fingerprint density at radius 2 is 1.50 bits per heavy atom. The third-order valence-corrected chi connectivity index (χ3v) is 4.93. The molecule has 0 amide bonds. The second-order valence-corrected chi connectivity index (χ2v) is 6.26. The Labute approximate surface area is 101 Å². The van der Waals surface area contributed by atoms with E-state index in [2.05, 4.69) is 13.8 Å². The van der Waals surface area contributed by atoms with Gasteiger partial charge in [-0.1, -0.05) is 39.5 Å². The van der Waals surface area contributed by atoms with Crippen LogP contribution in [0.15, 0.2) is 0 Å². The van der Waals surface area contributed by atoms with E-state index in [4.69, 9.17) is 4.74 Å². The van der Waals surface area contributed by atoms with Crippen LogP contribution < -0.4 is 0 Å². The normalized spacial score (nSPS) is 37.5. The molecule has 0 atom stereocenters. The molecule has 1 heteroatoms. The summed E-state index contributed by atoms with van der Waals surface area (Å²) in [4.78, 5) is 0. The second kappa shape index (κ2) is 5.53. The highest BCUT2D eigenvalue weighted by molar-refractivity contribution is 4.82. The van der Waals surface area contributed by atoms with Gasteiger partial charge < -0.3 is 4.74 Å². The SMILES string of the molecule is CCC1(C)CCC(OC2CCCCC2)CC1. The van der Waals surface area contributed by atoms with Crippen LogP contribution in [0.4, 0.5) is 0 Å². The molecule has 2 aliphatic rings. The minimum Gasteiger partial charge on any atom is -0.375 e. The molecule has 94 valence electrons. The fourth-order valence-corrected chi connectivity index (χ4v) is 3.25. The summed E-state index contributed by atoms with van der Waals surface area (Å²) in [5.74, 6) is 0. The maximum absolute atomic E-state index is 6.27. The molecule has 2 aliphatic carbocycles. The van der Waals surface area contributed by atoms with Crippen LogP contribution in [0, 0.1) is 5.41 Å². The second-order valence-electron chi connectivity index (χ2n) is 6.26. The Morgan fingerprint density at radius 1 is 0.938 bits per heavy atom. The topological polar surface area (TPSA) is 9.23 Å². The third kappa shape index (κ3) is 3.23. The summed E-state index contributed by atoms with van der Waals surface area (Å²) >= 11 is 0. The van der Waals surface area contributed by atoms with Gasteiger partial charge in [0.2, 0.25) is 0 Å². The van der Waals surface area contributed by atoms with Crippen LogP contribution in [-0.2, 0) is 4.74 Å². The van der Waals surface area contributed by atoms with E-state index in [1.807, 2.05) is 0 Å². The number of rotatable bonds is 3. The number of ether oxygens (including phenoxy) is 1. The molecule has 0 aromatic rings. The monoisotopic (exact) mass is 224 g/mol. The molecule has 0 bridgehead atoms. The molecule has 0 unspecified atom stereocenters. The predicted octanol–water partition coefficient (Wildman–Crippen LogP) is 4.69. The van der Waals surface area contributed by atoms with Crippen molar-refractivity contribution in [3.05, 3.63) is 0 Å². The molecule has 0 radical (unpaired) electrons. The molecule has 0 aromatic heterocycles. The third-order valence-electron chi connectivity index (χ3n) is 4.93. The van der Waals surface area contributed by atoms with E-state index in [0.717, 1.165) is 0 Å². The zero-order valence-corrected chi connectivity index (χ0v) is 11.1. The van der Waals surface area contributed by atoms with Gasteiger partial charge in [-0.15, -0.1) is 0 Å². The molecule has 0 spiro atoms. The lowest BCUT2D eigenvalue weighted by Crippen LogP contribution is -2.31. The van der Waals surface area contributed by atoms with Gasteiger partial charge in [-0.2, -0.15) is 0 Å².